The lowest BCUT2D eigenvalue weighted by Gasteiger charge is -2.32. The van der Waals surface area contributed by atoms with E-state index in [1.807, 2.05) is 41.0 Å². The van der Waals surface area contributed by atoms with Crippen molar-refractivity contribution in [1.29, 1.82) is 0 Å². The quantitative estimate of drug-likeness (QED) is 0.806. The molecule has 6 nitrogen and oxygen atoms in total. The van der Waals surface area contributed by atoms with E-state index in [9.17, 15) is 4.79 Å². The minimum atomic E-state index is 0.111. The Hall–Kier alpha value is -2.21. The molecule has 0 bridgehead atoms. The number of nitrogens with zero attached hydrogens (tertiary/aromatic N) is 4. The van der Waals surface area contributed by atoms with Crippen LogP contribution in [0.5, 0.6) is 0 Å². The molecule has 1 saturated carbocycles. The second kappa shape index (κ2) is 6.96. The Morgan fingerprint density at radius 2 is 2.20 bits per heavy atom. The van der Waals surface area contributed by atoms with Crippen LogP contribution < -0.4 is 0 Å². The van der Waals surface area contributed by atoms with E-state index >= 15 is 0 Å². The number of carbonyl (C=O) groups excluding carboxylic acids is 1. The van der Waals surface area contributed by atoms with Gasteiger partial charge in [0.25, 0.3) is 0 Å². The monoisotopic (exact) mass is 340 g/mol. The summed E-state index contributed by atoms with van der Waals surface area (Å²) in [5.74, 6) is 1.01. The Labute approximate surface area is 147 Å². The molecule has 132 valence electrons. The number of carbonyl (C=O) groups is 1. The van der Waals surface area contributed by atoms with Crippen LogP contribution in [-0.2, 0) is 29.5 Å². The van der Waals surface area contributed by atoms with E-state index in [1.54, 1.807) is 6.20 Å². The van der Waals surface area contributed by atoms with Gasteiger partial charge in [0.15, 0.2) is 0 Å². The summed E-state index contributed by atoms with van der Waals surface area (Å²) in [6, 6.07) is 5.68. The van der Waals surface area contributed by atoms with Gasteiger partial charge in [-0.1, -0.05) is 6.07 Å². The van der Waals surface area contributed by atoms with Gasteiger partial charge in [-0.25, -0.2) is 0 Å². The molecule has 2 aromatic heterocycles. The van der Waals surface area contributed by atoms with E-state index in [0.717, 1.165) is 29.5 Å². The summed E-state index contributed by atoms with van der Waals surface area (Å²) in [6.07, 6.45) is 6.66. The highest BCUT2D eigenvalue weighted by atomic mass is 16.5. The van der Waals surface area contributed by atoms with Gasteiger partial charge in [-0.15, -0.1) is 0 Å². The largest absolute Gasteiger partial charge is 0.380 e. The minimum absolute atomic E-state index is 0.111. The van der Waals surface area contributed by atoms with E-state index in [1.165, 1.54) is 12.8 Å². The fraction of sp³-hybridized carbons (Fsp3) is 0.526. The van der Waals surface area contributed by atoms with Crippen molar-refractivity contribution in [2.75, 3.05) is 19.8 Å². The molecule has 3 heterocycles. The third-order valence-corrected chi connectivity index (χ3v) is 4.91. The molecule has 0 radical (unpaired) electrons. The molecule has 1 fully saturated rings. The Balaban J connectivity index is 1.45. The van der Waals surface area contributed by atoms with Gasteiger partial charge in [-0.05, 0) is 30.9 Å². The van der Waals surface area contributed by atoms with Crippen LogP contribution >= 0.6 is 0 Å². The van der Waals surface area contributed by atoms with Crippen molar-refractivity contribution < 1.29 is 9.53 Å². The highest BCUT2D eigenvalue weighted by Crippen LogP contribution is 2.31. The van der Waals surface area contributed by atoms with Crippen molar-refractivity contribution in [1.82, 2.24) is 19.7 Å². The second-order valence-corrected chi connectivity index (χ2v) is 7.16. The predicted octanol–water partition coefficient (Wildman–Crippen LogP) is 1.91. The number of aryl methyl sites for hydroxylation is 1. The number of ether oxygens (including phenoxy) is 1. The molecule has 1 atom stereocenters. The third-order valence-electron chi connectivity index (χ3n) is 4.91. The van der Waals surface area contributed by atoms with Crippen LogP contribution in [-0.4, -0.2) is 45.3 Å². The van der Waals surface area contributed by atoms with E-state index in [0.29, 0.717) is 26.1 Å². The zero-order valence-electron chi connectivity index (χ0n) is 14.6. The van der Waals surface area contributed by atoms with E-state index in [4.69, 9.17) is 4.74 Å². The third kappa shape index (κ3) is 3.90. The fourth-order valence-corrected chi connectivity index (χ4v) is 3.40. The summed E-state index contributed by atoms with van der Waals surface area (Å²) in [5, 5.41) is 4.61. The van der Waals surface area contributed by atoms with Crippen LogP contribution in [0.3, 0.4) is 0 Å². The van der Waals surface area contributed by atoms with Crippen molar-refractivity contribution in [2.45, 2.75) is 31.7 Å². The lowest BCUT2D eigenvalue weighted by Crippen LogP contribution is -2.40. The zero-order chi connectivity index (χ0) is 17.2. The maximum atomic E-state index is 12.7. The van der Waals surface area contributed by atoms with Crippen LogP contribution in [0.25, 0.3) is 0 Å². The number of fused-ring (bicyclic) bond motifs is 1. The second-order valence-electron chi connectivity index (χ2n) is 7.16. The summed E-state index contributed by atoms with van der Waals surface area (Å²) in [4.78, 5) is 18.9. The molecule has 0 unspecified atom stereocenters. The molecule has 1 aliphatic carbocycles. The van der Waals surface area contributed by atoms with E-state index in [2.05, 4.69) is 10.1 Å². The topological polar surface area (TPSA) is 60.2 Å². The van der Waals surface area contributed by atoms with Crippen LogP contribution in [0.2, 0.25) is 0 Å². The Morgan fingerprint density at radius 3 is 2.96 bits per heavy atom. The molecule has 2 aromatic rings. The van der Waals surface area contributed by atoms with Crippen molar-refractivity contribution in [3.63, 3.8) is 0 Å². The first kappa shape index (κ1) is 16.3. The number of rotatable bonds is 6. The van der Waals surface area contributed by atoms with E-state index < -0.39 is 0 Å². The van der Waals surface area contributed by atoms with Gasteiger partial charge < -0.3 is 9.64 Å². The molecular formula is C19H24N4O2. The Kier molecular flexibility index (Phi) is 4.53. The van der Waals surface area contributed by atoms with Crippen molar-refractivity contribution in [3.05, 3.63) is 47.5 Å². The number of amides is 1. The molecule has 0 aromatic carbocycles. The van der Waals surface area contributed by atoms with Gasteiger partial charge in [0.1, 0.15) is 0 Å². The summed E-state index contributed by atoms with van der Waals surface area (Å²) in [5.41, 5.74) is 3.02. The molecule has 6 heteroatoms. The Bertz CT molecular complexity index is 739. The summed E-state index contributed by atoms with van der Waals surface area (Å²) in [7, 11) is 1.93. The highest BCUT2D eigenvalue weighted by Gasteiger charge is 2.31. The molecule has 1 aliphatic heterocycles. The molecule has 25 heavy (non-hydrogen) atoms. The maximum absolute atomic E-state index is 12.7. The summed E-state index contributed by atoms with van der Waals surface area (Å²) in [6.45, 7) is 2.75. The standard InChI is InChI=1S/C19H24N4O2/c1-22-9-15-10-23(18(24)8-17-4-2-3-7-20-17)11-16(19(15)21-22)13-25-12-14-5-6-14/h2-4,7,9,14,16H,5-6,8,10-13H2,1H3/t16-/m1/s1. The normalized spacial score (nSPS) is 19.7. The minimum Gasteiger partial charge on any atom is -0.380 e. The lowest BCUT2D eigenvalue weighted by molar-refractivity contribution is -0.132. The first-order valence-electron chi connectivity index (χ1n) is 8.97. The van der Waals surface area contributed by atoms with Crippen molar-refractivity contribution >= 4 is 5.91 Å². The maximum Gasteiger partial charge on any atom is 0.228 e. The highest BCUT2D eigenvalue weighted by molar-refractivity contribution is 5.78. The average molecular weight is 340 g/mol. The molecular weight excluding hydrogens is 316 g/mol. The van der Waals surface area contributed by atoms with Gasteiger partial charge in [0.2, 0.25) is 5.91 Å². The van der Waals surface area contributed by atoms with Crippen LogP contribution in [0.1, 0.15) is 35.7 Å². The van der Waals surface area contributed by atoms with Crippen molar-refractivity contribution in [2.24, 2.45) is 13.0 Å². The Morgan fingerprint density at radius 1 is 1.32 bits per heavy atom. The smallest absolute Gasteiger partial charge is 0.228 e. The van der Waals surface area contributed by atoms with Crippen LogP contribution in [0, 0.1) is 5.92 Å². The number of hydrogen-bond donors (Lipinski definition) is 0. The van der Waals surface area contributed by atoms with Crippen molar-refractivity contribution in [3.8, 4) is 0 Å². The SMILES string of the molecule is Cn1cc2c(n1)[C@@H](COCC1CC1)CN(C(=O)Cc1ccccn1)C2. The molecule has 0 N–H and O–H groups in total. The molecule has 4 rings (SSSR count). The van der Waals surface area contributed by atoms with Gasteiger partial charge in [-0.3, -0.25) is 14.5 Å². The lowest BCUT2D eigenvalue weighted by atomic mass is 9.97. The zero-order valence-corrected chi connectivity index (χ0v) is 14.6. The van der Waals surface area contributed by atoms with Gasteiger partial charge in [-0.2, -0.15) is 5.10 Å². The van der Waals surface area contributed by atoms with Gasteiger partial charge in [0, 0.05) is 56.3 Å². The fourth-order valence-electron chi connectivity index (χ4n) is 3.40. The van der Waals surface area contributed by atoms with Gasteiger partial charge >= 0.3 is 0 Å². The van der Waals surface area contributed by atoms with Crippen LogP contribution in [0.4, 0.5) is 0 Å². The predicted molar refractivity (Wildman–Crippen MR) is 92.9 cm³/mol. The number of aromatic nitrogens is 3. The van der Waals surface area contributed by atoms with Crippen LogP contribution in [0.15, 0.2) is 30.6 Å². The number of hydrogen-bond acceptors (Lipinski definition) is 4. The molecule has 0 saturated heterocycles. The van der Waals surface area contributed by atoms with Gasteiger partial charge in [0.05, 0.1) is 18.7 Å². The molecule has 2 aliphatic rings. The summed E-state index contributed by atoms with van der Waals surface area (Å²) >= 11 is 0. The first-order valence-corrected chi connectivity index (χ1v) is 8.97. The first-order chi connectivity index (χ1) is 12.2. The van der Waals surface area contributed by atoms with E-state index in [-0.39, 0.29) is 11.8 Å². The number of pyridine rings is 1. The molecule has 0 spiro atoms. The molecule has 1 amide bonds. The summed E-state index contributed by atoms with van der Waals surface area (Å²) < 4.78 is 7.75. The average Bonchev–Trinajstić information content (AvgIpc) is 3.34.